The zero-order valence-corrected chi connectivity index (χ0v) is 19.1. The van der Waals surface area contributed by atoms with E-state index in [-0.39, 0.29) is 23.6 Å². The Balaban J connectivity index is 1.54. The molecule has 10 nitrogen and oxygen atoms in total. The van der Waals surface area contributed by atoms with Crippen LogP contribution in [-0.2, 0) is 11.2 Å². The van der Waals surface area contributed by atoms with Crippen LogP contribution in [0.3, 0.4) is 0 Å². The summed E-state index contributed by atoms with van der Waals surface area (Å²) in [5, 5.41) is 40.2. The van der Waals surface area contributed by atoms with E-state index in [1.54, 1.807) is 31.2 Å². The van der Waals surface area contributed by atoms with E-state index in [2.05, 4.69) is 0 Å². The Morgan fingerprint density at radius 2 is 1.80 bits per heavy atom. The van der Waals surface area contributed by atoms with Gasteiger partial charge in [-0.2, -0.15) is 0 Å². The molecule has 5 rings (SSSR count). The van der Waals surface area contributed by atoms with Gasteiger partial charge >= 0.3 is 0 Å². The first kappa shape index (κ1) is 23.6. The van der Waals surface area contributed by atoms with Crippen molar-refractivity contribution in [3.8, 4) is 28.4 Å². The first-order valence-electron chi connectivity index (χ1n) is 11.3. The number of hydrogen-bond acceptors (Lipinski definition) is 10. The van der Waals surface area contributed by atoms with E-state index in [4.69, 9.17) is 23.4 Å². The topological polar surface area (TPSA) is 148 Å². The molecule has 2 aliphatic heterocycles. The monoisotopic (exact) mass is 486 g/mol. The van der Waals surface area contributed by atoms with E-state index in [0.717, 1.165) is 0 Å². The van der Waals surface area contributed by atoms with Crippen molar-refractivity contribution in [2.45, 2.75) is 51.0 Å². The van der Waals surface area contributed by atoms with Crippen molar-refractivity contribution in [3.63, 3.8) is 0 Å². The highest BCUT2D eigenvalue weighted by atomic mass is 16.7. The Morgan fingerprint density at radius 1 is 1.03 bits per heavy atom. The Labute approximate surface area is 199 Å². The van der Waals surface area contributed by atoms with Crippen LogP contribution in [0.5, 0.6) is 17.2 Å². The van der Waals surface area contributed by atoms with Crippen LogP contribution in [0.15, 0.2) is 39.5 Å². The molecule has 0 saturated carbocycles. The Kier molecular flexibility index (Phi) is 6.16. The number of benzene rings is 2. The van der Waals surface area contributed by atoms with Gasteiger partial charge < -0.3 is 43.8 Å². The predicted molar refractivity (Wildman–Crippen MR) is 123 cm³/mol. The summed E-state index contributed by atoms with van der Waals surface area (Å²) in [6, 6.07) is 8.46. The second-order valence-electron chi connectivity index (χ2n) is 8.56. The SMILES string of the molecule is CCc1cc2c(=O)c(-c3ccc4c(c3)OCO4)c(C)oc2cc1O[C@H]1OC(CO)[C@@H](O)C(O)C1O. The van der Waals surface area contributed by atoms with E-state index in [9.17, 15) is 25.2 Å². The first-order chi connectivity index (χ1) is 16.8. The Hall–Kier alpha value is -3.15. The van der Waals surface area contributed by atoms with Crippen LogP contribution in [0.4, 0.5) is 0 Å². The van der Waals surface area contributed by atoms with Gasteiger partial charge in [0.2, 0.25) is 18.5 Å². The second-order valence-corrected chi connectivity index (χ2v) is 8.56. The predicted octanol–water partition coefficient (Wildman–Crippen LogP) is 1.24. The van der Waals surface area contributed by atoms with Gasteiger partial charge in [-0.25, -0.2) is 0 Å². The van der Waals surface area contributed by atoms with Gasteiger partial charge in [0.1, 0.15) is 41.5 Å². The normalized spacial score (nSPS) is 25.7. The summed E-state index contributed by atoms with van der Waals surface area (Å²) in [5.41, 5.74) is 1.73. The van der Waals surface area contributed by atoms with Gasteiger partial charge in [-0.1, -0.05) is 13.0 Å². The lowest BCUT2D eigenvalue weighted by Crippen LogP contribution is -2.60. The van der Waals surface area contributed by atoms with Gasteiger partial charge in [-0.05, 0) is 42.7 Å². The maximum absolute atomic E-state index is 13.5. The molecule has 0 bridgehead atoms. The Bertz CT molecular complexity index is 1310. The lowest BCUT2D eigenvalue weighted by Gasteiger charge is -2.39. The number of aliphatic hydroxyl groups is 4. The number of aryl methyl sites for hydroxylation is 2. The smallest absolute Gasteiger partial charge is 0.231 e. The molecule has 0 spiro atoms. The summed E-state index contributed by atoms with van der Waals surface area (Å²) < 4.78 is 28.1. The summed E-state index contributed by atoms with van der Waals surface area (Å²) in [4.78, 5) is 13.5. The van der Waals surface area contributed by atoms with Crippen LogP contribution in [0, 0.1) is 6.92 Å². The van der Waals surface area contributed by atoms with Crippen LogP contribution >= 0.6 is 0 Å². The van der Waals surface area contributed by atoms with Crippen LogP contribution in [0.2, 0.25) is 0 Å². The molecule has 3 heterocycles. The van der Waals surface area contributed by atoms with Gasteiger partial charge in [0, 0.05) is 6.07 Å². The molecule has 2 aromatic carbocycles. The molecule has 5 atom stereocenters. The third-order valence-electron chi connectivity index (χ3n) is 6.38. The van der Waals surface area contributed by atoms with Gasteiger partial charge in [0.15, 0.2) is 11.5 Å². The number of hydrogen-bond donors (Lipinski definition) is 4. The lowest BCUT2D eigenvalue weighted by molar-refractivity contribution is -0.277. The molecular formula is C25H26O10. The van der Waals surface area contributed by atoms with Gasteiger partial charge in [0.25, 0.3) is 0 Å². The summed E-state index contributed by atoms with van der Waals surface area (Å²) >= 11 is 0. The van der Waals surface area contributed by atoms with Crippen molar-refractivity contribution >= 4 is 11.0 Å². The number of aliphatic hydroxyl groups excluding tert-OH is 4. The molecule has 2 aliphatic rings. The molecular weight excluding hydrogens is 460 g/mol. The molecule has 4 N–H and O–H groups in total. The highest BCUT2D eigenvalue weighted by Gasteiger charge is 2.45. The third-order valence-corrected chi connectivity index (χ3v) is 6.38. The molecule has 1 aromatic heterocycles. The summed E-state index contributed by atoms with van der Waals surface area (Å²) in [6.07, 6.45) is -6.60. The average Bonchev–Trinajstić information content (AvgIpc) is 3.32. The van der Waals surface area contributed by atoms with E-state index < -0.39 is 37.3 Å². The van der Waals surface area contributed by atoms with Gasteiger partial charge in [0.05, 0.1) is 17.6 Å². The number of fused-ring (bicyclic) bond motifs is 2. The fourth-order valence-corrected chi connectivity index (χ4v) is 4.44. The van der Waals surface area contributed by atoms with Crippen LogP contribution < -0.4 is 19.6 Å². The Morgan fingerprint density at radius 3 is 2.54 bits per heavy atom. The van der Waals surface area contributed by atoms with Crippen molar-refractivity contribution in [2.75, 3.05) is 13.4 Å². The van der Waals surface area contributed by atoms with Crippen LogP contribution in [0.1, 0.15) is 18.2 Å². The summed E-state index contributed by atoms with van der Waals surface area (Å²) in [6.45, 7) is 3.11. The van der Waals surface area contributed by atoms with E-state index in [1.165, 1.54) is 6.07 Å². The molecule has 10 heteroatoms. The van der Waals surface area contributed by atoms with E-state index >= 15 is 0 Å². The van der Waals surface area contributed by atoms with Gasteiger partial charge in [-0.3, -0.25) is 4.79 Å². The zero-order valence-electron chi connectivity index (χ0n) is 19.1. The van der Waals surface area contributed by atoms with Crippen molar-refractivity contribution in [1.29, 1.82) is 0 Å². The minimum atomic E-state index is -1.57. The molecule has 186 valence electrons. The molecule has 1 saturated heterocycles. The summed E-state index contributed by atoms with van der Waals surface area (Å²) in [7, 11) is 0. The lowest BCUT2D eigenvalue weighted by atomic mass is 9.99. The first-order valence-corrected chi connectivity index (χ1v) is 11.3. The second kappa shape index (κ2) is 9.14. The fourth-order valence-electron chi connectivity index (χ4n) is 4.44. The molecule has 0 radical (unpaired) electrons. The van der Waals surface area contributed by atoms with Crippen molar-refractivity contribution in [1.82, 2.24) is 0 Å². The molecule has 3 unspecified atom stereocenters. The average molecular weight is 486 g/mol. The molecule has 0 amide bonds. The van der Waals surface area contributed by atoms with E-state index in [0.29, 0.717) is 45.8 Å². The quantitative estimate of drug-likeness (QED) is 0.415. The maximum Gasteiger partial charge on any atom is 0.231 e. The maximum atomic E-state index is 13.5. The van der Waals surface area contributed by atoms with Crippen molar-refractivity contribution in [2.24, 2.45) is 0 Å². The van der Waals surface area contributed by atoms with Crippen LogP contribution in [-0.4, -0.2) is 64.5 Å². The zero-order chi connectivity index (χ0) is 24.9. The number of ether oxygens (including phenoxy) is 4. The summed E-state index contributed by atoms with van der Waals surface area (Å²) in [5.74, 6) is 1.84. The number of rotatable bonds is 5. The van der Waals surface area contributed by atoms with Crippen LogP contribution in [0.25, 0.3) is 22.1 Å². The highest BCUT2D eigenvalue weighted by Crippen LogP contribution is 2.37. The standard InChI is InChI=1S/C25H26O10/c1-3-12-6-14-17(8-16(12)34-25-24(30)23(29)22(28)19(9-26)35-25)33-11(2)20(21(14)27)13-4-5-15-18(7-13)32-10-31-15/h4-8,19,22-26,28-30H,3,9-10H2,1-2H3/t19?,22-,23?,24?,25+/m1/s1. The highest BCUT2D eigenvalue weighted by molar-refractivity contribution is 5.85. The van der Waals surface area contributed by atoms with E-state index in [1.807, 2.05) is 6.92 Å². The minimum absolute atomic E-state index is 0.126. The van der Waals surface area contributed by atoms with Crippen molar-refractivity contribution < 1.29 is 43.8 Å². The third kappa shape index (κ3) is 4.03. The molecule has 35 heavy (non-hydrogen) atoms. The largest absolute Gasteiger partial charge is 0.462 e. The van der Waals surface area contributed by atoms with Crippen molar-refractivity contribution in [3.05, 3.63) is 51.9 Å². The van der Waals surface area contributed by atoms with Gasteiger partial charge in [-0.15, -0.1) is 0 Å². The minimum Gasteiger partial charge on any atom is -0.462 e. The fraction of sp³-hybridized carbons (Fsp3) is 0.400. The molecule has 3 aromatic rings. The molecule has 1 fully saturated rings. The molecule has 0 aliphatic carbocycles.